The van der Waals surface area contributed by atoms with Crippen LogP contribution in [0.1, 0.15) is 11.3 Å². The van der Waals surface area contributed by atoms with Crippen LogP contribution in [-0.4, -0.2) is 27.8 Å². The number of thiophene rings is 1. The minimum atomic E-state index is -0.429. The summed E-state index contributed by atoms with van der Waals surface area (Å²) in [6.45, 7) is 0.192. The summed E-state index contributed by atoms with van der Waals surface area (Å²) in [6.07, 6.45) is 0.178. The van der Waals surface area contributed by atoms with E-state index in [0.29, 0.717) is 11.3 Å². The van der Waals surface area contributed by atoms with Gasteiger partial charge in [-0.05, 0) is 11.4 Å². The van der Waals surface area contributed by atoms with E-state index in [1.54, 1.807) is 36.6 Å². The Morgan fingerprint density at radius 2 is 2.08 bits per heavy atom. The van der Waals surface area contributed by atoms with E-state index in [1.165, 1.54) is 22.3 Å². The number of nitro benzene ring substituents is 1. The van der Waals surface area contributed by atoms with Crippen molar-refractivity contribution >= 4 is 34.3 Å². The maximum absolute atomic E-state index is 12.4. The molecule has 0 aliphatic heterocycles. The molecule has 128 valence electrons. The summed E-state index contributed by atoms with van der Waals surface area (Å²) < 4.78 is 0. The van der Waals surface area contributed by atoms with Crippen molar-refractivity contribution in [3.8, 4) is 10.6 Å². The third-order valence-corrected chi connectivity index (χ3v) is 5.30. The number of carbonyl (C=O) groups excluding carboxylic acids is 1. The molecule has 0 saturated carbocycles. The Morgan fingerprint density at radius 1 is 1.28 bits per heavy atom. The predicted molar refractivity (Wildman–Crippen MR) is 98.7 cm³/mol. The summed E-state index contributed by atoms with van der Waals surface area (Å²) in [6, 6.07) is 8.45. The summed E-state index contributed by atoms with van der Waals surface area (Å²) in [5.74, 6) is -0.125. The molecule has 2 heterocycles. The summed E-state index contributed by atoms with van der Waals surface area (Å²) in [5, 5.41) is 17.9. The molecule has 0 N–H and O–H groups in total. The number of likely N-dealkylation sites (N-methyl/N-ethyl adjacent to an activating group) is 1. The molecular formula is C17H15N3O3S2. The normalized spacial score (nSPS) is 10.6. The molecule has 0 saturated heterocycles. The molecule has 1 aromatic carbocycles. The van der Waals surface area contributed by atoms with Gasteiger partial charge in [0.25, 0.3) is 5.69 Å². The van der Waals surface area contributed by atoms with Crippen molar-refractivity contribution in [2.24, 2.45) is 0 Å². The summed E-state index contributed by atoms with van der Waals surface area (Å²) in [4.78, 5) is 29.1. The summed E-state index contributed by atoms with van der Waals surface area (Å²) in [7, 11) is 1.64. The van der Waals surface area contributed by atoms with Crippen molar-refractivity contribution in [2.45, 2.75) is 13.0 Å². The lowest BCUT2D eigenvalue weighted by Crippen LogP contribution is -2.28. The van der Waals surface area contributed by atoms with E-state index in [0.717, 1.165) is 10.6 Å². The number of benzene rings is 1. The molecule has 0 atom stereocenters. The first kappa shape index (κ1) is 17.2. The second-order valence-corrected chi connectivity index (χ2v) is 7.11. The first-order valence-electron chi connectivity index (χ1n) is 7.48. The van der Waals surface area contributed by atoms with Crippen LogP contribution >= 0.6 is 22.7 Å². The van der Waals surface area contributed by atoms with Crippen LogP contribution in [-0.2, 0) is 17.8 Å². The van der Waals surface area contributed by atoms with Crippen molar-refractivity contribution < 1.29 is 9.72 Å². The molecule has 0 bridgehead atoms. The number of amides is 1. The maximum atomic E-state index is 12.4. The molecule has 3 aromatic rings. The molecule has 1 amide bonds. The van der Waals surface area contributed by atoms with Gasteiger partial charge in [-0.3, -0.25) is 14.9 Å². The van der Waals surface area contributed by atoms with Gasteiger partial charge in [-0.15, -0.1) is 11.3 Å². The molecule has 0 aliphatic carbocycles. The second kappa shape index (κ2) is 7.54. The molecule has 0 unspecified atom stereocenters. The van der Waals surface area contributed by atoms with Gasteiger partial charge in [0.2, 0.25) is 5.91 Å². The fourth-order valence-electron chi connectivity index (χ4n) is 2.36. The minimum absolute atomic E-state index is 0.0237. The predicted octanol–water partition coefficient (Wildman–Crippen LogP) is 3.98. The van der Waals surface area contributed by atoms with Crippen LogP contribution < -0.4 is 0 Å². The van der Waals surface area contributed by atoms with E-state index >= 15 is 0 Å². The van der Waals surface area contributed by atoms with Gasteiger partial charge in [0.1, 0.15) is 5.01 Å². The quantitative estimate of drug-likeness (QED) is 0.484. The zero-order chi connectivity index (χ0) is 17.8. The largest absolute Gasteiger partial charge is 0.341 e. The summed E-state index contributed by atoms with van der Waals surface area (Å²) in [5.41, 5.74) is 2.31. The summed E-state index contributed by atoms with van der Waals surface area (Å²) >= 11 is 3.11. The highest BCUT2D eigenvalue weighted by Gasteiger charge is 2.18. The van der Waals surface area contributed by atoms with Crippen LogP contribution in [0.15, 0.2) is 46.5 Å². The van der Waals surface area contributed by atoms with E-state index in [1.807, 2.05) is 22.2 Å². The number of rotatable bonds is 6. The smallest absolute Gasteiger partial charge is 0.274 e. The minimum Gasteiger partial charge on any atom is -0.341 e. The monoisotopic (exact) mass is 373 g/mol. The van der Waals surface area contributed by atoms with Crippen LogP contribution in [0.4, 0.5) is 5.69 Å². The number of aromatic nitrogens is 1. The SMILES string of the molecule is CN(Cc1ccccc1[N+](=O)[O-])C(=O)Cc1csc(-c2ccsc2)n1. The van der Waals surface area contributed by atoms with Gasteiger partial charge in [0.15, 0.2) is 0 Å². The zero-order valence-electron chi connectivity index (χ0n) is 13.4. The number of nitro groups is 1. The highest BCUT2D eigenvalue weighted by Crippen LogP contribution is 2.26. The van der Waals surface area contributed by atoms with Crippen LogP contribution in [0.5, 0.6) is 0 Å². The number of hydrogen-bond donors (Lipinski definition) is 0. The van der Waals surface area contributed by atoms with Crippen molar-refractivity contribution in [1.82, 2.24) is 9.88 Å². The van der Waals surface area contributed by atoms with Crippen LogP contribution in [0.25, 0.3) is 10.6 Å². The van der Waals surface area contributed by atoms with Gasteiger partial charge >= 0.3 is 0 Å². The lowest BCUT2D eigenvalue weighted by atomic mass is 10.1. The van der Waals surface area contributed by atoms with Crippen LogP contribution in [0, 0.1) is 10.1 Å². The van der Waals surface area contributed by atoms with Crippen molar-refractivity contribution in [1.29, 1.82) is 0 Å². The van der Waals surface area contributed by atoms with Crippen molar-refractivity contribution in [3.63, 3.8) is 0 Å². The molecule has 2 aromatic heterocycles. The fourth-order valence-corrected chi connectivity index (χ4v) is 3.90. The van der Waals surface area contributed by atoms with E-state index in [2.05, 4.69) is 4.98 Å². The van der Waals surface area contributed by atoms with Gasteiger partial charge in [-0.2, -0.15) is 11.3 Å². The molecular weight excluding hydrogens is 358 g/mol. The fraction of sp³-hybridized carbons (Fsp3) is 0.176. The van der Waals surface area contributed by atoms with Gasteiger partial charge in [0, 0.05) is 35.0 Å². The second-order valence-electron chi connectivity index (χ2n) is 5.47. The Hall–Kier alpha value is -2.58. The first-order chi connectivity index (χ1) is 12.0. The van der Waals surface area contributed by atoms with Crippen LogP contribution in [0.2, 0.25) is 0 Å². The highest BCUT2D eigenvalue weighted by molar-refractivity contribution is 7.14. The van der Waals surface area contributed by atoms with E-state index in [-0.39, 0.29) is 24.6 Å². The average molecular weight is 373 g/mol. The molecule has 0 radical (unpaired) electrons. The number of hydrogen-bond acceptors (Lipinski definition) is 6. The lowest BCUT2D eigenvalue weighted by Gasteiger charge is -2.16. The Labute approximate surface area is 152 Å². The molecule has 6 nitrogen and oxygen atoms in total. The van der Waals surface area contributed by atoms with Gasteiger partial charge in [-0.25, -0.2) is 4.98 Å². The zero-order valence-corrected chi connectivity index (χ0v) is 15.0. The van der Waals surface area contributed by atoms with Gasteiger partial charge in [-0.1, -0.05) is 18.2 Å². The Balaban J connectivity index is 1.66. The van der Waals surface area contributed by atoms with Crippen LogP contribution in [0.3, 0.4) is 0 Å². The van der Waals surface area contributed by atoms with Gasteiger partial charge < -0.3 is 4.90 Å². The molecule has 0 fully saturated rings. The molecule has 8 heteroatoms. The first-order valence-corrected chi connectivity index (χ1v) is 9.30. The average Bonchev–Trinajstić information content (AvgIpc) is 3.26. The molecule has 0 aliphatic rings. The number of thiazole rings is 1. The highest BCUT2D eigenvalue weighted by atomic mass is 32.1. The third-order valence-electron chi connectivity index (χ3n) is 3.67. The number of para-hydroxylation sites is 1. The van der Waals surface area contributed by atoms with Crippen molar-refractivity contribution in [2.75, 3.05) is 7.05 Å². The van der Waals surface area contributed by atoms with E-state index < -0.39 is 4.92 Å². The maximum Gasteiger partial charge on any atom is 0.274 e. The molecule has 3 rings (SSSR count). The number of carbonyl (C=O) groups is 1. The third kappa shape index (κ3) is 4.09. The van der Waals surface area contributed by atoms with Gasteiger partial charge in [0.05, 0.1) is 23.6 Å². The molecule has 25 heavy (non-hydrogen) atoms. The lowest BCUT2D eigenvalue weighted by molar-refractivity contribution is -0.385. The number of nitrogens with zero attached hydrogens (tertiary/aromatic N) is 3. The van der Waals surface area contributed by atoms with E-state index in [4.69, 9.17) is 0 Å². The van der Waals surface area contributed by atoms with E-state index in [9.17, 15) is 14.9 Å². The standard InChI is InChI=1S/C17H15N3O3S2/c1-19(9-12-4-2-3-5-15(12)20(22)23)16(21)8-14-11-25-17(18-14)13-6-7-24-10-13/h2-7,10-11H,8-9H2,1H3. The Kier molecular flexibility index (Phi) is 5.20. The molecule has 0 spiro atoms. The van der Waals surface area contributed by atoms with Crippen molar-refractivity contribution in [3.05, 3.63) is 67.8 Å². The Morgan fingerprint density at radius 3 is 2.80 bits per heavy atom. The Bertz CT molecular complexity index is 890. The topological polar surface area (TPSA) is 76.3 Å².